The Balaban J connectivity index is 1.59. The highest BCUT2D eigenvalue weighted by Gasteiger charge is 2.24. The van der Waals surface area contributed by atoms with Gasteiger partial charge in [-0.2, -0.15) is 0 Å². The van der Waals surface area contributed by atoms with Crippen LogP contribution in [0.25, 0.3) is 0 Å². The number of ether oxygens (including phenoxy) is 2. The maximum Gasteiger partial charge on any atom is 0.135 e. The highest BCUT2D eigenvalue weighted by atomic mass is 35.5. The zero-order valence-corrected chi connectivity index (χ0v) is 20.9. The van der Waals surface area contributed by atoms with Crippen molar-refractivity contribution >= 4 is 11.6 Å². The van der Waals surface area contributed by atoms with Crippen LogP contribution in [-0.2, 0) is 18.6 Å². The van der Waals surface area contributed by atoms with Gasteiger partial charge in [-0.15, -0.1) is 16.7 Å². The molecule has 0 aliphatic heterocycles. The van der Waals surface area contributed by atoms with E-state index < -0.39 is 12.8 Å². The fourth-order valence-electron chi connectivity index (χ4n) is 3.56. The molecule has 0 amide bonds. The first-order valence-electron chi connectivity index (χ1n) is 11.4. The van der Waals surface area contributed by atoms with Crippen molar-refractivity contribution in [2.24, 2.45) is 5.92 Å². The summed E-state index contributed by atoms with van der Waals surface area (Å²) in [5.74, 6) is 2.42. The molecule has 0 fully saturated rings. The first-order chi connectivity index (χ1) is 16.2. The molecule has 6 nitrogen and oxygen atoms in total. The first kappa shape index (κ1) is 26.0. The molecule has 0 spiro atoms. The lowest BCUT2D eigenvalue weighted by Crippen LogP contribution is -2.24. The molecule has 8 heteroatoms. The van der Waals surface area contributed by atoms with Crippen molar-refractivity contribution in [1.29, 1.82) is 0 Å². The molecule has 0 unspecified atom stereocenters. The Morgan fingerprint density at radius 1 is 1.09 bits per heavy atom. The maximum absolute atomic E-state index is 12.6. The summed E-state index contributed by atoms with van der Waals surface area (Å²) in [6.45, 7) is 8.68. The van der Waals surface area contributed by atoms with Crippen LogP contribution in [0.5, 0.6) is 11.5 Å². The van der Waals surface area contributed by atoms with Gasteiger partial charge in [0.05, 0.1) is 19.3 Å². The number of hydrogen-bond donors (Lipinski definition) is 1. The number of aryl methyl sites for hydroxylation is 1. The van der Waals surface area contributed by atoms with Crippen LogP contribution in [0.3, 0.4) is 0 Å². The van der Waals surface area contributed by atoms with Gasteiger partial charge in [-0.05, 0) is 41.8 Å². The summed E-state index contributed by atoms with van der Waals surface area (Å²) in [5.41, 5.74) is 3.45. The zero-order chi connectivity index (χ0) is 24.7. The fourth-order valence-corrected chi connectivity index (χ4v) is 3.65. The molecule has 2 aromatic carbocycles. The Hall–Kier alpha value is -2.64. The van der Waals surface area contributed by atoms with Gasteiger partial charge in [0.25, 0.3) is 0 Å². The molecule has 0 saturated heterocycles. The van der Waals surface area contributed by atoms with Gasteiger partial charge in [-0.1, -0.05) is 50.3 Å². The van der Waals surface area contributed by atoms with Crippen LogP contribution in [-0.4, -0.2) is 45.3 Å². The lowest BCUT2D eigenvalue weighted by molar-refractivity contribution is 0.0888. The highest BCUT2D eigenvalue weighted by Crippen LogP contribution is 2.34. The number of halogens is 2. The Labute approximate surface area is 205 Å². The molecule has 1 N–H and O–H groups in total. The minimum atomic E-state index is -0.790. The van der Waals surface area contributed by atoms with E-state index in [4.69, 9.17) is 21.1 Å². The number of aliphatic hydroxyl groups excluding tert-OH is 1. The summed E-state index contributed by atoms with van der Waals surface area (Å²) in [7, 11) is 0. The number of rotatable bonds is 12. The second-order valence-corrected chi connectivity index (χ2v) is 9.54. The van der Waals surface area contributed by atoms with E-state index in [2.05, 4.69) is 50.1 Å². The van der Waals surface area contributed by atoms with Gasteiger partial charge >= 0.3 is 0 Å². The highest BCUT2D eigenvalue weighted by molar-refractivity contribution is 6.18. The molecule has 3 rings (SSSR count). The number of benzene rings is 2. The fraction of sp³-hybridized carbons (Fsp3) is 0.462. The van der Waals surface area contributed by atoms with E-state index in [0.717, 1.165) is 16.9 Å². The summed E-state index contributed by atoms with van der Waals surface area (Å²) < 4.78 is 25.6. The van der Waals surface area contributed by atoms with Crippen LogP contribution >= 0.6 is 11.6 Å². The molecule has 1 heterocycles. The summed E-state index contributed by atoms with van der Waals surface area (Å²) >= 11 is 5.88. The lowest BCUT2D eigenvalue weighted by atomic mass is 9.77. The first-order valence-corrected chi connectivity index (χ1v) is 11.9. The third kappa shape index (κ3) is 6.70. The second kappa shape index (κ2) is 11.7. The second-order valence-electron chi connectivity index (χ2n) is 9.23. The van der Waals surface area contributed by atoms with E-state index in [0.29, 0.717) is 24.2 Å². The quantitative estimate of drug-likeness (QED) is 0.360. The Kier molecular flexibility index (Phi) is 8.91. The third-order valence-corrected chi connectivity index (χ3v) is 6.35. The predicted molar refractivity (Wildman–Crippen MR) is 131 cm³/mol. The zero-order valence-electron chi connectivity index (χ0n) is 20.2. The summed E-state index contributed by atoms with van der Waals surface area (Å²) in [4.78, 5) is 0. The van der Waals surface area contributed by atoms with Crippen molar-refractivity contribution in [3.05, 3.63) is 71.0 Å². The van der Waals surface area contributed by atoms with E-state index in [1.165, 1.54) is 16.4 Å². The van der Waals surface area contributed by atoms with Crippen LogP contribution < -0.4 is 9.47 Å². The van der Waals surface area contributed by atoms with Crippen LogP contribution in [0.2, 0.25) is 0 Å². The molecule has 3 aromatic rings. The molecule has 2 atom stereocenters. The van der Waals surface area contributed by atoms with Crippen molar-refractivity contribution in [2.45, 2.75) is 52.4 Å². The van der Waals surface area contributed by atoms with E-state index in [-0.39, 0.29) is 24.3 Å². The van der Waals surface area contributed by atoms with Crippen molar-refractivity contribution < 1.29 is 19.0 Å². The average Bonchev–Trinajstić information content (AvgIpc) is 3.29. The van der Waals surface area contributed by atoms with Gasteiger partial charge in [0, 0.05) is 17.2 Å². The number of aromatic nitrogens is 3. The minimum Gasteiger partial charge on any atom is -0.493 e. The number of alkyl halides is 2. The molecule has 0 aliphatic rings. The smallest absolute Gasteiger partial charge is 0.135 e. The Bertz CT molecular complexity index is 1060. The molecule has 34 heavy (non-hydrogen) atoms. The molecule has 184 valence electrons. The van der Waals surface area contributed by atoms with E-state index in [9.17, 15) is 9.50 Å². The third-order valence-electron chi connectivity index (χ3n) is 5.82. The van der Waals surface area contributed by atoms with Crippen molar-refractivity contribution in [1.82, 2.24) is 15.0 Å². The Morgan fingerprint density at radius 3 is 2.41 bits per heavy atom. The van der Waals surface area contributed by atoms with Crippen molar-refractivity contribution in [3.63, 3.8) is 0 Å². The minimum absolute atomic E-state index is 0.0938. The van der Waals surface area contributed by atoms with Gasteiger partial charge in [0.15, 0.2) is 0 Å². The molecule has 0 aliphatic carbocycles. The largest absolute Gasteiger partial charge is 0.493 e. The molecular formula is C26H33ClFN3O3. The van der Waals surface area contributed by atoms with Gasteiger partial charge in [0.1, 0.15) is 36.6 Å². The summed E-state index contributed by atoms with van der Waals surface area (Å²) in [5, 5.41) is 17.6. The Morgan fingerprint density at radius 2 is 1.79 bits per heavy atom. The van der Waals surface area contributed by atoms with Crippen LogP contribution in [0.4, 0.5) is 4.39 Å². The van der Waals surface area contributed by atoms with E-state index in [1.54, 1.807) is 0 Å². The molecule has 1 aromatic heterocycles. The van der Waals surface area contributed by atoms with Crippen molar-refractivity contribution in [3.8, 4) is 11.5 Å². The van der Waals surface area contributed by atoms with Gasteiger partial charge in [-0.25, -0.2) is 9.07 Å². The normalized spacial score (nSPS) is 13.5. The SMILES string of the molecule is Cc1cc(C(C)(C)c2ccc(OC[C@H](O)Cn3cc(C[18F])nn3)cc2)ccc1OC[C@H](C)CCl. The van der Waals surface area contributed by atoms with Gasteiger partial charge in [0.2, 0.25) is 0 Å². The van der Waals surface area contributed by atoms with Crippen LogP contribution in [0.15, 0.2) is 48.7 Å². The molecular weight excluding hydrogens is 456 g/mol. The summed E-state index contributed by atoms with van der Waals surface area (Å²) in [6, 6.07) is 14.2. The number of nitrogens with zero attached hydrogens (tertiary/aromatic N) is 3. The van der Waals surface area contributed by atoms with Crippen molar-refractivity contribution in [2.75, 3.05) is 19.1 Å². The van der Waals surface area contributed by atoms with Crippen LogP contribution in [0.1, 0.15) is 43.2 Å². The van der Waals surface area contributed by atoms with Gasteiger partial charge in [-0.3, -0.25) is 0 Å². The van der Waals surface area contributed by atoms with Crippen LogP contribution in [0, 0.1) is 12.8 Å². The number of hydrogen-bond acceptors (Lipinski definition) is 5. The summed E-state index contributed by atoms with van der Waals surface area (Å²) in [6.07, 6.45) is 0.683. The van der Waals surface area contributed by atoms with E-state index in [1.807, 2.05) is 30.3 Å². The monoisotopic (exact) mass is 488 g/mol. The lowest BCUT2D eigenvalue weighted by Gasteiger charge is -2.27. The average molecular weight is 489 g/mol. The topological polar surface area (TPSA) is 69.4 Å². The molecule has 0 bridgehead atoms. The molecule has 0 saturated carbocycles. The molecule has 0 radical (unpaired) electrons. The van der Waals surface area contributed by atoms with Gasteiger partial charge < -0.3 is 14.6 Å². The number of aliphatic hydroxyl groups is 1. The predicted octanol–water partition coefficient (Wildman–Crippen LogP) is 5.08. The maximum atomic E-state index is 12.6. The standard InChI is InChI=1S/C26H33ClFN3O3/c1-18(12-27)16-34-25-10-7-21(11-19(25)2)26(3,4)20-5-8-24(9-6-20)33-17-23(32)15-31-14-22(13-28)29-30-31/h5-11,14,18,23,32H,12-13,15-17H2,1-4H3/t18-,23-/m1/s1/i28-1. The van der Waals surface area contributed by atoms with E-state index >= 15 is 0 Å².